The number of fused-ring (bicyclic) bond motifs is 1. The average Bonchev–Trinajstić information content (AvgIpc) is 3.06. The van der Waals surface area contributed by atoms with E-state index in [1.54, 1.807) is 0 Å². The first kappa shape index (κ1) is 26.1. The molecule has 0 aliphatic heterocycles. The molecule has 0 heterocycles. The van der Waals surface area contributed by atoms with Crippen molar-refractivity contribution >= 4 is 10.8 Å². The summed E-state index contributed by atoms with van der Waals surface area (Å²) in [6, 6.07) is 48.4. The Bertz CT molecular complexity index is 1960. The number of hydrogen-bond acceptors (Lipinski definition) is 0. The van der Waals surface area contributed by atoms with Crippen LogP contribution in [-0.4, -0.2) is 0 Å². The fourth-order valence-corrected chi connectivity index (χ4v) is 4.51. The molecule has 0 radical (unpaired) electrons. The Kier molecular flexibility index (Phi) is 7.93. The maximum atomic E-state index is 3.44. The zero-order valence-electron chi connectivity index (χ0n) is 22.9. The van der Waals surface area contributed by atoms with Crippen molar-refractivity contribution in [2.45, 2.75) is 0 Å². The van der Waals surface area contributed by atoms with E-state index in [1.807, 2.05) is 121 Å². The van der Waals surface area contributed by atoms with Gasteiger partial charge < -0.3 is 0 Å². The van der Waals surface area contributed by atoms with Crippen molar-refractivity contribution in [2.75, 3.05) is 0 Å². The minimum absolute atomic E-state index is 0.883. The smallest absolute Gasteiger partial charge is 0.0352 e. The molecule has 0 nitrogen and oxygen atoms in total. The molecule has 0 unspecified atom stereocenters. The highest BCUT2D eigenvalue weighted by Crippen LogP contribution is 2.26. The Labute approximate surface area is 247 Å². The molecule has 0 N–H and O–H groups in total. The molecule has 0 aliphatic rings. The van der Waals surface area contributed by atoms with Crippen LogP contribution in [0.1, 0.15) is 44.5 Å². The van der Waals surface area contributed by atoms with Gasteiger partial charge in [-0.05, 0) is 78.2 Å². The van der Waals surface area contributed by atoms with Crippen molar-refractivity contribution in [1.29, 1.82) is 0 Å². The lowest BCUT2D eigenvalue weighted by Gasteiger charge is -2.08. The normalized spacial score (nSPS) is 9.62. The van der Waals surface area contributed by atoms with Crippen LogP contribution in [0.25, 0.3) is 10.8 Å². The molecule has 0 atom stereocenters. The Morgan fingerprint density at radius 2 is 0.548 bits per heavy atom. The number of hydrogen-bond donors (Lipinski definition) is 0. The SMILES string of the molecule is C(#Cc1cc(C#Cc2ccccc2)c2c(C#Cc3ccccc3)cc(C#Cc3ccccc3)cc2c1)c1ccccc1. The average molecular weight is 529 g/mol. The second-order valence-corrected chi connectivity index (χ2v) is 9.61. The topological polar surface area (TPSA) is 0 Å². The summed E-state index contributed by atoms with van der Waals surface area (Å²) in [7, 11) is 0. The summed E-state index contributed by atoms with van der Waals surface area (Å²) >= 11 is 0. The first-order valence-corrected chi connectivity index (χ1v) is 13.7. The monoisotopic (exact) mass is 528 g/mol. The van der Waals surface area contributed by atoms with Crippen LogP contribution in [-0.2, 0) is 0 Å². The van der Waals surface area contributed by atoms with E-state index in [0.717, 1.165) is 55.3 Å². The van der Waals surface area contributed by atoms with Crippen LogP contribution >= 0.6 is 0 Å². The first-order valence-electron chi connectivity index (χ1n) is 13.7. The van der Waals surface area contributed by atoms with Crippen molar-refractivity contribution in [3.8, 4) is 47.4 Å². The van der Waals surface area contributed by atoms with Gasteiger partial charge in [-0.25, -0.2) is 0 Å². The predicted octanol–water partition coefficient (Wildman–Crippen LogP) is 8.44. The number of benzene rings is 6. The summed E-state index contributed by atoms with van der Waals surface area (Å²) in [6.45, 7) is 0. The van der Waals surface area contributed by atoms with Crippen LogP contribution in [0.4, 0.5) is 0 Å². The molecule has 192 valence electrons. The fraction of sp³-hybridized carbons (Fsp3) is 0. The summed E-state index contributed by atoms with van der Waals surface area (Å²) in [5.74, 6) is 26.9. The maximum Gasteiger partial charge on any atom is 0.0352 e. The van der Waals surface area contributed by atoms with E-state index in [1.165, 1.54) is 0 Å². The summed E-state index contributed by atoms with van der Waals surface area (Å²) < 4.78 is 0. The Hall–Kier alpha value is -6.18. The molecular weight excluding hydrogens is 504 g/mol. The zero-order valence-corrected chi connectivity index (χ0v) is 22.9. The molecule has 0 heteroatoms. The Morgan fingerprint density at radius 1 is 0.262 bits per heavy atom. The van der Waals surface area contributed by atoms with Gasteiger partial charge in [-0.15, -0.1) is 0 Å². The lowest BCUT2D eigenvalue weighted by molar-refractivity contribution is 1.59. The zero-order chi connectivity index (χ0) is 28.4. The van der Waals surface area contributed by atoms with E-state index in [9.17, 15) is 0 Å². The van der Waals surface area contributed by atoms with E-state index in [-0.39, 0.29) is 0 Å². The molecule has 0 aromatic heterocycles. The van der Waals surface area contributed by atoms with Gasteiger partial charge in [0, 0.05) is 49.9 Å². The summed E-state index contributed by atoms with van der Waals surface area (Å²) in [5.41, 5.74) is 7.38. The first-order chi connectivity index (χ1) is 20.8. The molecular formula is C42H24. The van der Waals surface area contributed by atoms with Crippen LogP contribution in [0.2, 0.25) is 0 Å². The van der Waals surface area contributed by atoms with Crippen molar-refractivity contribution in [3.63, 3.8) is 0 Å². The van der Waals surface area contributed by atoms with E-state index < -0.39 is 0 Å². The van der Waals surface area contributed by atoms with Crippen LogP contribution in [0.15, 0.2) is 146 Å². The minimum atomic E-state index is 0.883. The van der Waals surface area contributed by atoms with Crippen molar-refractivity contribution in [3.05, 3.63) is 190 Å². The maximum absolute atomic E-state index is 3.44. The molecule has 0 fully saturated rings. The standard InChI is InChI=1S/C42H24/c1-5-13-33(14-6-1)21-23-37-29-39(27-25-35-17-9-3-10-18-35)42-40(28-26-36-19-11-4-12-20-36)30-38(32-41(42)31-37)24-22-34-15-7-2-8-16-34/h1-20,29-32H. The Morgan fingerprint density at radius 3 is 0.881 bits per heavy atom. The molecule has 0 aliphatic carbocycles. The van der Waals surface area contributed by atoms with Gasteiger partial charge in [0.15, 0.2) is 0 Å². The van der Waals surface area contributed by atoms with Gasteiger partial charge in [0.25, 0.3) is 0 Å². The summed E-state index contributed by atoms with van der Waals surface area (Å²) in [4.78, 5) is 0. The van der Waals surface area contributed by atoms with E-state index >= 15 is 0 Å². The third-order valence-corrected chi connectivity index (χ3v) is 6.53. The lowest BCUT2D eigenvalue weighted by atomic mass is 9.94. The molecule has 0 bridgehead atoms. The highest BCUT2D eigenvalue weighted by atomic mass is 14.1. The largest absolute Gasteiger partial charge is 0.0622 e. The minimum Gasteiger partial charge on any atom is -0.0622 e. The van der Waals surface area contributed by atoms with Crippen molar-refractivity contribution < 1.29 is 0 Å². The van der Waals surface area contributed by atoms with Gasteiger partial charge in [-0.1, -0.05) is 120 Å². The number of rotatable bonds is 0. The highest BCUT2D eigenvalue weighted by Gasteiger charge is 2.09. The molecule has 6 aromatic carbocycles. The van der Waals surface area contributed by atoms with Crippen LogP contribution in [0, 0.1) is 47.4 Å². The molecule has 0 amide bonds. The van der Waals surface area contributed by atoms with Gasteiger partial charge >= 0.3 is 0 Å². The third kappa shape index (κ3) is 6.69. The van der Waals surface area contributed by atoms with Crippen LogP contribution < -0.4 is 0 Å². The van der Waals surface area contributed by atoms with Gasteiger partial charge in [-0.2, -0.15) is 0 Å². The van der Waals surface area contributed by atoms with Gasteiger partial charge in [0.05, 0.1) is 0 Å². The summed E-state index contributed by atoms with van der Waals surface area (Å²) in [6.07, 6.45) is 0. The highest BCUT2D eigenvalue weighted by molar-refractivity contribution is 5.96. The Balaban J connectivity index is 1.57. The van der Waals surface area contributed by atoms with Crippen molar-refractivity contribution in [2.24, 2.45) is 0 Å². The molecule has 6 aromatic rings. The van der Waals surface area contributed by atoms with E-state index in [4.69, 9.17) is 0 Å². The van der Waals surface area contributed by atoms with Crippen LogP contribution in [0.3, 0.4) is 0 Å². The quantitative estimate of drug-likeness (QED) is 0.174. The summed E-state index contributed by atoms with van der Waals surface area (Å²) in [5, 5.41) is 2.00. The molecule has 42 heavy (non-hydrogen) atoms. The molecule has 6 rings (SSSR count). The van der Waals surface area contributed by atoms with E-state index in [2.05, 4.69) is 71.6 Å². The lowest BCUT2D eigenvalue weighted by Crippen LogP contribution is -1.91. The second-order valence-electron chi connectivity index (χ2n) is 9.61. The van der Waals surface area contributed by atoms with E-state index in [0.29, 0.717) is 0 Å². The van der Waals surface area contributed by atoms with Crippen molar-refractivity contribution in [1.82, 2.24) is 0 Å². The second kappa shape index (κ2) is 12.8. The van der Waals surface area contributed by atoms with Gasteiger partial charge in [0.1, 0.15) is 0 Å². The molecule has 0 saturated carbocycles. The van der Waals surface area contributed by atoms with Crippen LogP contribution in [0.5, 0.6) is 0 Å². The van der Waals surface area contributed by atoms with Gasteiger partial charge in [0.2, 0.25) is 0 Å². The molecule has 0 saturated heterocycles. The fourth-order valence-electron chi connectivity index (χ4n) is 4.51. The van der Waals surface area contributed by atoms with Gasteiger partial charge in [-0.3, -0.25) is 0 Å². The predicted molar refractivity (Wildman–Crippen MR) is 174 cm³/mol. The molecule has 0 spiro atoms. The third-order valence-electron chi connectivity index (χ3n) is 6.53.